The minimum absolute atomic E-state index is 0.159. The minimum atomic E-state index is -0.758. The number of carbonyl (C=O) groups excluding carboxylic acids is 1. The topological polar surface area (TPSA) is 72.8 Å². The summed E-state index contributed by atoms with van der Waals surface area (Å²) in [5.74, 6) is -1.08. The normalized spacial score (nSPS) is 22.8. The lowest BCUT2D eigenvalue weighted by Gasteiger charge is -2.12. The smallest absolute Gasteiger partial charge is 0.335 e. The van der Waals surface area contributed by atoms with E-state index < -0.39 is 12.3 Å². The van der Waals surface area contributed by atoms with Gasteiger partial charge in [-0.05, 0) is 39.5 Å². The third-order valence-electron chi connectivity index (χ3n) is 3.30. The predicted octanol–water partition coefficient (Wildman–Crippen LogP) is 3.04. The maximum Gasteiger partial charge on any atom is 0.335 e. The average Bonchev–Trinajstić information content (AvgIpc) is 2.78. The zero-order valence-corrected chi connectivity index (χ0v) is 12.3. The Labute approximate surface area is 119 Å². The number of aliphatic carboxylic acids is 1. The summed E-state index contributed by atoms with van der Waals surface area (Å²) in [6.45, 7) is 3.70. The van der Waals surface area contributed by atoms with Gasteiger partial charge < -0.3 is 14.6 Å². The van der Waals surface area contributed by atoms with Gasteiger partial charge >= 0.3 is 11.9 Å². The van der Waals surface area contributed by atoms with Crippen LogP contribution in [0.3, 0.4) is 0 Å². The molecule has 0 radical (unpaired) electrons. The maximum absolute atomic E-state index is 11.8. The molecule has 0 aromatic rings. The Bertz CT molecular complexity index is 361. The van der Waals surface area contributed by atoms with Crippen LogP contribution in [0.2, 0.25) is 0 Å². The molecule has 1 fully saturated rings. The molecule has 5 heteroatoms. The fourth-order valence-electron chi connectivity index (χ4n) is 2.06. The Morgan fingerprint density at radius 2 is 2.05 bits per heavy atom. The van der Waals surface area contributed by atoms with Crippen LogP contribution in [0.1, 0.15) is 58.8 Å². The largest absolute Gasteiger partial charge is 0.481 e. The van der Waals surface area contributed by atoms with Gasteiger partial charge in [-0.25, -0.2) is 4.79 Å². The zero-order valence-electron chi connectivity index (χ0n) is 12.3. The van der Waals surface area contributed by atoms with Crippen molar-refractivity contribution in [3.05, 3.63) is 11.6 Å². The summed E-state index contributed by atoms with van der Waals surface area (Å²) in [5, 5.41) is 8.50. The molecular formula is C15H24O5. The monoisotopic (exact) mass is 284 g/mol. The van der Waals surface area contributed by atoms with E-state index in [0.717, 1.165) is 32.1 Å². The van der Waals surface area contributed by atoms with Gasteiger partial charge in [-0.2, -0.15) is 0 Å². The Hall–Kier alpha value is -1.36. The van der Waals surface area contributed by atoms with Crippen molar-refractivity contribution in [3.63, 3.8) is 0 Å². The molecular weight excluding hydrogens is 260 g/mol. The molecule has 1 saturated heterocycles. The molecule has 5 nitrogen and oxygen atoms in total. The van der Waals surface area contributed by atoms with Crippen LogP contribution in [0.15, 0.2) is 11.6 Å². The zero-order chi connectivity index (χ0) is 15.0. The summed E-state index contributed by atoms with van der Waals surface area (Å²) in [6.07, 6.45) is 6.68. The van der Waals surface area contributed by atoms with Gasteiger partial charge in [-0.15, -0.1) is 0 Å². The van der Waals surface area contributed by atoms with Crippen LogP contribution >= 0.6 is 0 Å². The number of esters is 1. The molecule has 1 heterocycles. The molecule has 0 saturated carbocycles. The molecule has 0 aromatic carbocycles. The standard InChI is InChI=1S/C15H24O5/c1-11(7-5-3-4-6-8-13(16)17)15(18)20-14-10-9-12(2)19-14/h7,12,14H,3-6,8-10H2,1-2H3,(H,16,17). The first kappa shape index (κ1) is 16.7. The molecule has 2 unspecified atom stereocenters. The van der Waals surface area contributed by atoms with Crippen molar-refractivity contribution in [1.29, 1.82) is 0 Å². The third-order valence-corrected chi connectivity index (χ3v) is 3.30. The second-order valence-electron chi connectivity index (χ2n) is 5.24. The van der Waals surface area contributed by atoms with Crippen molar-refractivity contribution in [2.75, 3.05) is 0 Å². The van der Waals surface area contributed by atoms with Crippen molar-refractivity contribution < 1.29 is 24.2 Å². The van der Waals surface area contributed by atoms with Gasteiger partial charge in [0.05, 0.1) is 6.10 Å². The number of ether oxygens (including phenoxy) is 2. The van der Waals surface area contributed by atoms with E-state index in [2.05, 4.69) is 0 Å². The van der Waals surface area contributed by atoms with Gasteiger partial charge in [0.15, 0.2) is 0 Å². The van der Waals surface area contributed by atoms with Crippen molar-refractivity contribution in [2.45, 2.75) is 71.2 Å². The van der Waals surface area contributed by atoms with Crippen molar-refractivity contribution in [2.24, 2.45) is 0 Å². The van der Waals surface area contributed by atoms with E-state index in [0.29, 0.717) is 12.0 Å². The summed E-state index contributed by atoms with van der Waals surface area (Å²) >= 11 is 0. The van der Waals surface area contributed by atoms with Crippen LogP contribution < -0.4 is 0 Å². The molecule has 114 valence electrons. The Morgan fingerprint density at radius 3 is 2.65 bits per heavy atom. The van der Waals surface area contributed by atoms with Crippen molar-refractivity contribution >= 4 is 11.9 Å². The van der Waals surface area contributed by atoms with E-state index >= 15 is 0 Å². The number of unbranched alkanes of at least 4 members (excludes halogenated alkanes) is 3. The van der Waals surface area contributed by atoms with Gasteiger partial charge in [-0.3, -0.25) is 4.79 Å². The lowest BCUT2D eigenvalue weighted by molar-refractivity contribution is -0.169. The SMILES string of the molecule is CC(=CCCCCCC(=O)O)C(=O)OC1CCC(C)O1. The predicted molar refractivity (Wildman–Crippen MR) is 74.1 cm³/mol. The molecule has 0 aromatic heterocycles. The van der Waals surface area contributed by atoms with Gasteiger partial charge in [0.25, 0.3) is 0 Å². The van der Waals surface area contributed by atoms with Gasteiger partial charge in [0.1, 0.15) is 0 Å². The lowest BCUT2D eigenvalue weighted by atomic mass is 10.1. The van der Waals surface area contributed by atoms with E-state index in [4.69, 9.17) is 14.6 Å². The lowest BCUT2D eigenvalue weighted by Crippen LogP contribution is -2.18. The number of carboxylic acid groups (broad SMARTS) is 1. The molecule has 1 rings (SSSR count). The highest BCUT2D eigenvalue weighted by Gasteiger charge is 2.25. The summed E-state index contributed by atoms with van der Waals surface area (Å²) < 4.78 is 10.7. The molecule has 1 N–H and O–H groups in total. The number of hydrogen-bond acceptors (Lipinski definition) is 4. The fraction of sp³-hybridized carbons (Fsp3) is 0.733. The number of carbonyl (C=O) groups is 2. The summed E-state index contributed by atoms with van der Waals surface area (Å²) in [4.78, 5) is 22.1. The summed E-state index contributed by atoms with van der Waals surface area (Å²) in [6, 6.07) is 0. The first-order valence-electron chi connectivity index (χ1n) is 7.24. The van der Waals surface area contributed by atoms with E-state index in [-0.39, 0.29) is 18.5 Å². The van der Waals surface area contributed by atoms with Gasteiger partial charge in [0, 0.05) is 18.4 Å². The summed E-state index contributed by atoms with van der Waals surface area (Å²) in [7, 11) is 0. The fourth-order valence-corrected chi connectivity index (χ4v) is 2.06. The summed E-state index contributed by atoms with van der Waals surface area (Å²) in [5.41, 5.74) is 0.589. The first-order chi connectivity index (χ1) is 9.49. The van der Waals surface area contributed by atoms with Crippen molar-refractivity contribution in [3.8, 4) is 0 Å². The van der Waals surface area contributed by atoms with Gasteiger partial charge in [-0.1, -0.05) is 12.5 Å². The Kier molecular flexibility index (Phi) is 7.30. The molecule has 0 aliphatic carbocycles. The molecule has 2 atom stereocenters. The molecule has 0 spiro atoms. The average molecular weight is 284 g/mol. The second-order valence-corrected chi connectivity index (χ2v) is 5.24. The quantitative estimate of drug-likeness (QED) is 0.421. The number of rotatable bonds is 8. The van der Waals surface area contributed by atoms with Crippen LogP contribution in [0.4, 0.5) is 0 Å². The molecule has 0 amide bonds. The molecule has 1 aliphatic rings. The molecule has 20 heavy (non-hydrogen) atoms. The minimum Gasteiger partial charge on any atom is -0.481 e. The maximum atomic E-state index is 11.8. The highest BCUT2D eigenvalue weighted by molar-refractivity contribution is 5.87. The highest BCUT2D eigenvalue weighted by atomic mass is 16.7. The van der Waals surface area contributed by atoms with Crippen molar-refractivity contribution in [1.82, 2.24) is 0 Å². The molecule has 0 bridgehead atoms. The van der Waals surface area contributed by atoms with Crippen LogP contribution in [-0.2, 0) is 19.1 Å². The van der Waals surface area contributed by atoms with Crippen LogP contribution in [0.5, 0.6) is 0 Å². The number of carboxylic acids is 1. The van der Waals surface area contributed by atoms with Crippen LogP contribution in [0.25, 0.3) is 0 Å². The van der Waals surface area contributed by atoms with E-state index in [1.54, 1.807) is 6.92 Å². The first-order valence-corrected chi connectivity index (χ1v) is 7.24. The highest BCUT2D eigenvalue weighted by Crippen LogP contribution is 2.21. The van der Waals surface area contributed by atoms with Crippen LogP contribution in [-0.4, -0.2) is 29.4 Å². The number of hydrogen-bond donors (Lipinski definition) is 1. The van der Waals surface area contributed by atoms with E-state index in [9.17, 15) is 9.59 Å². The van der Waals surface area contributed by atoms with Crippen LogP contribution in [0, 0.1) is 0 Å². The Morgan fingerprint density at radius 1 is 1.30 bits per heavy atom. The van der Waals surface area contributed by atoms with Gasteiger partial charge in [0.2, 0.25) is 6.29 Å². The number of allylic oxidation sites excluding steroid dienone is 1. The Balaban J connectivity index is 2.16. The van der Waals surface area contributed by atoms with E-state index in [1.165, 1.54) is 0 Å². The van der Waals surface area contributed by atoms with E-state index in [1.807, 2.05) is 13.0 Å². The second kappa shape index (κ2) is 8.74. The third kappa shape index (κ3) is 6.70. The molecule has 1 aliphatic heterocycles.